The molecule has 0 amide bonds. The van der Waals surface area contributed by atoms with Gasteiger partial charge in [0.2, 0.25) is 0 Å². The number of likely N-dealkylation sites (N-methyl/N-ethyl adjacent to an activating group) is 1. The van der Waals surface area contributed by atoms with E-state index in [4.69, 9.17) is 17.3 Å². The van der Waals surface area contributed by atoms with Gasteiger partial charge in [-0.2, -0.15) is 0 Å². The number of rotatable bonds is 4. The number of nitrogens with two attached hydrogens (primary N) is 1. The van der Waals surface area contributed by atoms with Gasteiger partial charge in [0.1, 0.15) is 0 Å². The third kappa shape index (κ3) is 3.37. The first-order chi connectivity index (χ1) is 8.70. The minimum Gasteiger partial charge on any atom is -0.368 e. The lowest BCUT2D eigenvalue weighted by atomic mass is 10.1. The number of nitrogens with zero attached hydrogens (tertiary/aromatic N) is 2. The molecule has 2 N–H and O–H groups in total. The SMILES string of the molecule is CN1CCN(c2ccc(CCCN)cc2Cl)CC1. The fourth-order valence-electron chi connectivity index (χ4n) is 2.32. The first-order valence-corrected chi connectivity index (χ1v) is 7.00. The zero-order chi connectivity index (χ0) is 13.0. The van der Waals surface area contributed by atoms with Crippen LogP contribution in [0.4, 0.5) is 5.69 Å². The van der Waals surface area contributed by atoms with Gasteiger partial charge in [-0.3, -0.25) is 0 Å². The number of benzene rings is 1. The van der Waals surface area contributed by atoms with Crippen LogP contribution in [0.25, 0.3) is 0 Å². The van der Waals surface area contributed by atoms with Crippen molar-refractivity contribution in [3.05, 3.63) is 28.8 Å². The van der Waals surface area contributed by atoms with E-state index in [1.54, 1.807) is 0 Å². The highest BCUT2D eigenvalue weighted by Gasteiger charge is 2.16. The normalized spacial score (nSPS) is 17.2. The van der Waals surface area contributed by atoms with Crippen LogP contribution in [0.3, 0.4) is 0 Å². The Balaban J connectivity index is 2.05. The molecule has 1 fully saturated rings. The Bertz CT molecular complexity index is 387. The Morgan fingerprint density at radius 3 is 2.56 bits per heavy atom. The summed E-state index contributed by atoms with van der Waals surface area (Å²) < 4.78 is 0. The molecule has 0 atom stereocenters. The van der Waals surface area contributed by atoms with Crippen molar-refractivity contribution in [1.29, 1.82) is 0 Å². The van der Waals surface area contributed by atoms with Crippen LogP contribution in [-0.2, 0) is 6.42 Å². The zero-order valence-corrected chi connectivity index (χ0v) is 11.8. The van der Waals surface area contributed by atoms with Crippen molar-refractivity contribution in [2.24, 2.45) is 5.73 Å². The van der Waals surface area contributed by atoms with Gasteiger partial charge in [-0.1, -0.05) is 17.7 Å². The summed E-state index contributed by atoms with van der Waals surface area (Å²) in [5.41, 5.74) is 7.98. The Kier molecular flexibility index (Phi) is 4.87. The molecule has 0 aliphatic carbocycles. The molecule has 1 aliphatic heterocycles. The van der Waals surface area contributed by atoms with E-state index >= 15 is 0 Å². The second-order valence-electron chi connectivity index (χ2n) is 4.97. The fraction of sp³-hybridized carbons (Fsp3) is 0.571. The third-order valence-corrected chi connectivity index (χ3v) is 3.83. The van der Waals surface area contributed by atoms with Crippen molar-refractivity contribution in [3.63, 3.8) is 0 Å². The van der Waals surface area contributed by atoms with Gasteiger partial charge < -0.3 is 15.5 Å². The molecule has 100 valence electrons. The Morgan fingerprint density at radius 2 is 1.94 bits per heavy atom. The van der Waals surface area contributed by atoms with Crippen LogP contribution in [0.5, 0.6) is 0 Å². The quantitative estimate of drug-likeness (QED) is 0.906. The van der Waals surface area contributed by atoms with E-state index < -0.39 is 0 Å². The molecular formula is C14H22ClN3. The second kappa shape index (κ2) is 6.41. The van der Waals surface area contributed by atoms with E-state index in [2.05, 4.69) is 35.0 Å². The summed E-state index contributed by atoms with van der Waals surface area (Å²) >= 11 is 6.39. The van der Waals surface area contributed by atoms with Gasteiger partial charge in [-0.25, -0.2) is 0 Å². The Hall–Kier alpha value is -0.770. The molecule has 1 aliphatic rings. The predicted molar refractivity (Wildman–Crippen MR) is 78.5 cm³/mol. The van der Waals surface area contributed by atoms with E-state index in [9.17, 15) is 0 Å². The molecular weight excluding hydrogens is 246 g/mol. The Labute approximate surface area is 115 Å². The summed E-state index contributed by atoms with van der Waals surface area (Å²) in [7, 11) is 2.16. The van der Waals surface area contributed by atoms with E-state index in [1.165, 1.54) is 11.3 Å². The van der Waals surface area contributed by atoms with Crippen LogP contribution >= 0.6 is 11.6 Å². The minimum atomic E-state index is 0.734. The maximum atomic E-state index is 6.39. The molecule has 18 heavy (non-hydrogen) atoms. The van der Waals surface area contributed by atoms with Crippen molar-refractivity contribution in [2.45, 2.75) is 12.8 Å². The topological polar surface area (TPSA) is 32.5 Å². The smallest absolute Gasteiger partial charge is 0.0642 e. The third-order valence-electron chi connectivity index (χ3n) is 3.53. The van der Waals surface area contributed by atoms with Crippen LogP contribution in [0, 0.1) is 0 Å². The fourth-order valence-corrected chi connectivity index (χ4v) is 2.64. The molecule has 0 bridgehead atoms. The van der Waals surface area contributed by atoms with Gasteiger partial charge in [0.15, 0.2) is 0 Å². The lowest BCUT2D eigenvalue weighted by Gasteiger charge is -2.34. The van der Waals surface area contributed by atoms with Gasteiger partial charge in [0.25, 0.3) is 0 Å². The van der Waals surface area contributed by atoms with Gasteiger partial charge in [0.05, 0.1) is 10.7 Å². The highest BCUT2D eigenvalue weighted by Crippen LogP contribution is 2.28. The van der Waals surface area contributed by atoms with Gasteiger partial charge in [-0.05, 0) is 44.1 Å². The molecule has 1 saturated heterocycles. The summed E-state index contributed by atoms with van der Waals surface area (Å²) in [6.45, 7) is 5.05. The number of anilines is 1. The van der Waals surface area contributed by atoms with E-state index in [-0.39, 0.29) is 0 Å². The first kappa shape index (κ1) is 13.7. The maximum absolute atomic E-state index is 6.39. The largest absolute Gasteiger partial charge is 0.368 e. The molecule has 3 nitrogen and oxygen atoms in total. The molecule has 0 aromatic heterocycles. The van der Waals surface area contributed by atoms with Crippen LogP contribution in [-0.4, -0.2) is 44.7 Å². The summed E-state index contributed by atoms with van der Waals surface area (Å²) in [5.74, 6) is 0. The summed E-state index contributed by atoms with van der Waals surface area (Å²) in [6, 6.07) is 6.42. The number of hydrogen-bond acceptors (Lipinski definition) is 3. The van der Waals surface area contributed by atoms with E-state index in [0.29, 0.717) is 0 Å². The number of piperazine rings is 1. The lowest BCUT2D eigenvalue weighted by molar-refractivity contribution is 0.313. The van der Waals surface area contributed by atoms with Crippen molar-refractivity contribution in [3.8, 4) is 0 Å². The van der Waals surface area contributed by atoms with Crippen molar-refractivity contribution in [2.75, 3.05) is 44.7 Å². The number of hydrogen-bond donors (Lipinski definition) is 1. The van der Waals surface area contributed by atoms with Crippen LogP contribution in [0.2, 0.25) is 5.02 Å². The molecule has 4 heteroatoms. The molecule has 1 aromatic carbocycles. The average molecular weight is 268 g/mol. The van der Waals surface area contributed by atoms with Crippen molar-refractivity contribution in [1.82, 2.24) is 4.90 Å². The maximum Gasteiger partial charge on any atom is 0.0642 e. The summed E-state index contributed by atoms with van der Waals surface area (Å²) in [6.07, 6.45) is 2.03. The molecule has 1 aromatic rings. The van der Waals surface area contributed by atoms with Crippen LogP contribution < -0.4 is 10.6 Å². The zero-order valence-electron chi connectivity index (χ0n) is 11.0. The molecule has 0 spiro atoms. The van der Waals surface area contributed by atoms with Crippen molar-refractivity contribution >= 4 is 17.3 Å². The van der Waals surface area contributed by atoms with Gasteiger partial charge in [-0.15, -0.1) is 0 Å². The van der Waals surface area contributed by atoms with Crippen molar-refractivity contribution < 1.29 is 0 Å². The standard InChI is InChI=1S/C14H22ClN3/c1-17-7-9-18(10-8-17)14-5-4-12(3-2-6-16)11-13(14)15/h4-5,11H,2-3,6-10,16H2,1H3. The minimum absolute atomic E-state index is 0.734. The molecule has 2 rings (SSSR count). The monoisotopic (exact) mass is 267 g/mol. The molecule has 0 radical (unpaired) electrons. The second-order valence-corrected chi connectivity index (χ2v) is 5.38. The van der Waals surface area contributed by atoms with Crippen LogP contribution in [0.1, 0.15) is 12.0 Å². The highest BCUT2D eigenvalue weighted by atomic mass is 35.5. The van der Waals surface area contributed by atoms with Gasteiger partial charge >= 0.3 is 0 Å². The Morgan fingerprint density at radius 1 is 1.22 bits per heavy atom. The van der Waals surface area contributed by atoms with Crippen LogP contribution in [0.15, 0.2) is 18.2 Å². The van der Waals surface area contributed by atoms with E-state index in [1.807, 2.05) is 0 Å². The summed E-state index contributed by atoms with van der Waals surface area (Å²) in [5, 5.41) is 0.870. The molecule has 1 heterocycles. The van der Waals surface area contributed by atoms with Gasteiger partial charge in [0, 0.05) is 26.2 Å². The molecule has 0 saturated carbocycles. The van der Waals surface area contributed by atoms with E-state index in [0.717, 1.165) is 50.6 Å². The lowest BCUT2D eigenvalue weighted by Crippen LogP contribution is -2.44. The predicted octanol–water partition coefficient (Wildman–Crippen LogP) is 1.98. The summed E-state index contributed by atoms with van der Waals surface area (Å²) in [4.78, 5) is 4.72. The highest BCUT2D eigenvalue weighted by molar-refractivity contribution is 6.33. The first-order valence-electron chi connectivity index (χ1n) is 6.62. The number of aryl methyl sites for hydroxylation is 1. The average Bonchev–Trinajstić information content (AvgIpc) is 2.38. The molecule has 0 unspecified atom stereocenters. The number of halogens is 1.